The van der Waals surface area contributed by atoms with E-state index >= 15 is 0 Å². The van der Waals surface area contributed by atoms with Gasteiger partial charge in [0.25, 0.3) is 0 Å². The van der Waals surface area contributed by atoms with E-state index in [2.05, 4.69) is 20.8 Å². The molecule has 0 radical (unpaired) electrons. The van der Waals surface area contributed by atoms with Crippen LogP contribution in [0.3, 0.4) is 0 Å². The van der Waals surface area contributed by atoms with Gasteiger partial charge in [0, 0.05) is 24.0 Å². The van der Waals surface area contributed by atoms with Crippen LogP contribution in [0.15, 0.2) is 24.3 Å². The van der Waals surface area contributed by atoms with Gasteiger partial charge in [-0.2, -0.15) is 0 Å². The highest BCUT2D eigenvalue weighted by molar-refractivity contribution is 6.31. The van der Waals surface area contributed by atoms with Crippen LogP contribution in [-0.2, 0) is 4.79 Å². The van der Waals surface area contributed by atoms with Gasteiger partial charge in [0.2, 0.25) is 5.91 Å². The third-order valence-electron chi connectivity index (χ3n) is 4.23. The first-order chi connectivity index (χ1) is 9.41. The van der Waals surface area contributed by atoms with E-state index in [0.29, 0.717) is 17.9 Å². The zero-order chi connectivity index (χ0) is 14.9. The fourth-order valence-corrected chi connectivity index (χ4v) is 3.18. The molecule has 1 fully saturated rings. The van der Waals surface area contributed by atoms with Crippen molar-refractivity contribution >= 4 is 17.5 Å². The van der Waals surface area contributed by atoms with Crippen molar-refractivity contribution in [3.8, 4) is 0 Å². The Balaban J connectivity index is 1.98. The summed E-state index contributed by atoms with van der Waals surface area (Å²) < 4.78 is 0. The lowest BCUT2D eigenvalue weighted by atomic mass is 10.0. The Hall–Kier alpha value is -1.02. The Kier molecular flexibility index (Phi) is 4.74. The number of halogens is 1. The summed E-state index contributed by atoms with van der Waals surface area (Å²) in [5.41, 5.74) is 1.12. The van der Waals surface area contributed by atoms with E-state index in [1.165, 1.54) is 0 Å². The molecule has 1 saturated carbocycles. The van der Waals surface area contributed by atoms with Crippen LogP contribution in [0.25, 0.3) is 0 Å². The molecular formula is C17H24ClNO. The maximum absolute atomic E-state index is 12.5. The molecule has 0 N–H and O–H groups in total. The third-order valence-corrected chi connectivity index (χ3v) is 4.58. The predicted octanol–water partition coefficient (Wildman–Crippen LogP) is 4.34. The van der Waals surface area contributed by atoms with Crippen LogP contribution in [0.1, 0.15) is 45.1 Å². The summed E-state index contributed by atoms with van der Waals surface area (Å²) in [6.07, 6.45) is 1.98. The highest BCUT2D eigenvalue weighted by Crippen LogP contribution is 2.50. The minimum absolute atomic E-state index is 0.120. The van der Waals surface area contributed by atoms with Gasteiger partial charge in [-0.1, -0.05) is 43.6 Å². The first-order valence-electron chi connectivity index (χ1n) is 7.43. The zero-order valence-corrected chi connectivity index (χ0v) is 13.5. The molecule has 2 rings (SSSR count). The Labute approximate surface area is 127 Å². The van der Waals surface area contributed by atoms with Gasteiger partial charge in [0.05, 0.1) is 0 Å². The Morgan fingerprint density at radius 1 is 1.35 bits per heavy atom. The minimum Gasteiger partial charge on any atom is -0.343 e. The highest BCUT2D eigenvalue weighted by Gasteiger charge is 2.46. The van der Waals surface area contributed by atoms with E-state index in [1.807, 2.05) is 36.2 Å². The van der Waals surface area contributed by atoms with Crippen LogP contribution in [-0.4, -0.2) is 23.9 Å². The van der Waals surface area contributed by atoms with E-state index in [0.717, 1.165) is 23.4 Å². The van der Waals surface area contributed by atoms with Crippen molar-refractivity contribution in [2.24, 2.45) is 11.8 Å². The highest BCUT2D eigenvalue weighted by atomic mass is 35.5. The predicted molar refractivity (Wildman–Crippen MR) is 84.0 cm³/mol. The average Bonchev–Trinajstić information content (AvgIpc) is 3.17. The number of carbonyl (C=O) groups excluding carboxylic acids is 1. The standard InChI is InChI=1S/C17H24ClNO/c1-11(2)9-12(3)19(4)17(20)15-10-14(15)13-7-5-6-8-16(13)18/h5-8,11-12,14-15H,9-10H2,1-4H3. The SMILES string of the molecule is CC(C)CC(C)N(C)C(=O)C1CC1c1ccccc1Cl. The Morgan fingerprint density at radius 3 is 2.60 bits per heavy atom. The molecule has 0 saturated heterocycles. The normalized spacial score (nSPS) is 22.7. The van der Waals surface area contributed by atoms with Crippen molar-refractivity contribution in [2.45, 2.75) is 45.6 Å². The molecule has 0 aromatic heterocycles. The molecule has 0 aliphatic heterocycles. The molecule has 1 aromatic carbocycles. The van der Waals surface area contributed by atoms with Crippen molar-refractivity contribution in [1.82, 2.24) is 4.90 Å². The zero-order valence-electron chi connectivity index (χ0n) is 12.8. The van der Waals surface area contributed by atoms with Crippen molar-refractivity contribution in [3.63, 3.8) is 0 Å². The quantitative estimate of drug-likeness (QED) is 0.791. The molecule has 0 heterocycles. The maximum Gasteiger partial charge on any atom is 0.226 e. The fourth-order valence-electron chi connectivity index (χ4n) is 2.91. The number of carbonyl (C=O) groups is 1. The van der Waals surface area contributed by atoms with Crippen LogP contribution >= 0.6 is 11.6 Å². The maximum atomic E-state index is 12.5. The van der Waals surface area contributed by atoms with Crippen LogP contribution < -0.4 is 0 Å². The summed E-state index contributed by atoms with van der Waals surface area (Å²) in [4.78, 5) is 14.4. The Morgan fingerprint density at radius 2 is 2.00 bits per heavy atom. The smallest absolute Gasteiger partial charge is 0.226 e. The van der Waals surface area contributed by atoms with Crippen LogP contribution in [0.5, 0.6) is 0 Å². The number of benzene rings is 1. The molecule has 3 heteroatoms. The Bertz CT molecular complexity index is 486. The molecule has 3 unspecified atom stereocenters. The summed E-state index contributed by atoms with van der Waals surface area (Å²) >= 11 is 6.22. The first-order valence-corrected chi connectivity index (χ1v) is 7.80. The van der Waals surface area contributed by atoms with Crippen LogP contribution in [0, 0.1) is 11.8 Å². The fraction of sp³-hybridized carbons (Fsp3) is 0.588. The molecule has 20 heavy (non-hydrogen) atoms. The monoisotopic (exact) mass is 293 g/mol. The lowest BCUT2D eigenvalue weighted by molar-refractivity contribution is -0.133. The number of amides is 1. The van der Waals surface area contributed by atoms with Gasteiger partial charge in [-0.3, -0.25) is 4.79 Å². The van der Waals surface area contributed by atoms with E-state index in [-0.39, 0.29) is 11.8 Å². The van der Waals surface area contributed by atoms with Gasteiger partial charge >= 0.3 is 0 Å². The summed E-state index contributed by atoms with van der Waals surface area (Å²) in [6.45, 7) is 6.52. The van der Waals surface area contributed by atoms with Gasteiger partial charge in [-0.15, -0.1) is 0 Å². The van der Waals surface area contributed by atoms with Crippen molar-refractivity contribution < 1.29 is 4.79 Å². The number of hydrogen-bond acceptors (Lipinski definition) is 1. The molecule has 2 nitrogen and oxygen atoms in total. The second-order valence-electron chi connectivity index (χ2n) is 6.40. The molecule has 1 aromatic rings. The lowest BCUT2D eigenvalue weighted by Crippen LogP contribution is -2.37. The first kappa shape index (κ1) is 15.4. The topological polar surface area (TPSA) is 20.3 Å². The molecule has 3 atom stereocenters. The molecule has 0 spiro atoms. The summed E-state index contributed by atoms with van der Waals surface area (Å²) in [6, 6.07) is 8.17. The van der Waals surface area contributed by atoms with E-state index < -0.39 is 0 Å². The number of nitrogens with zero attached hydrogens (tertiary/aromatic N) is 1. The van der Waals surface area contributed by atoms with E-state index in [9.17, 15) is 4.79 Å². The summed E-state index contributed by atoms with van der Waals surface area (Å²) in [7, 11) is 1.93. The van der Waals surface area contributed by atoms with Gasteiger partial charge in [-0.25, -0.2) is 0 Å². The van der Waals surface area contributed by atoms with Gasteiger partial charge in [-0.05, 0) is 43.2 Å². The second-order valence-corrected chi connectivity index (χ2v) is 6.81. The van der Waals surface area contributed by atoms with E-state index in [1.54, 1.807) is 0 Å². The number of hydrogen-bond donors (Lipinski definition) is 0. The van der Waals surface area contributed by atoms with Gasteiger partial charge < -0.3 is 4.90 Å². The second kappa shape index (κ2) is 6.17. The lowest BCUT2D eigenvalue weighted by Gasteiger charge is -2.26. The summed E-state index contributed by atoms with van der Waals surface area (Å²) in [5.74, 6) is 1.31. The van der Waals surface area contributed by atoms with E-state index in [4.69, 9.17) is 11.6 Å². The molecular weight excluding hydrogens is 270 g/mol. The average molecular weight is 294 g/mol. The molecule has 1 aliphatic rings. The minimum atomic E-state index is 0.120. The van der Waals surface area contributed by atoms with Gasteiger partial charge in [0.15, 0.2) is 0 Å². The third kappa shape index (κ3) is 3.35. The van der Waals surface area contributed by atoms with Crippen molar-refractivity contribution in [1.29, 1.82) is 0 Å². The number of rotatable bonds is 5. The molecule has 0 bridgehead atoms. The van der Waals surface area contributed by atoms with Gasteiger partial charge in [0.1, 0.15) is 0 Å². The van der Waals surface area contributed by atoms with Crippen LogP contribution in [0.4, 0.5) is 0 Å². The molecule has 1 amide bonds. The van der Waals surface area contributed by atoms with Crippen molar-refractivity contribution in [3.05, 3.63) is 34.9 Å². The largest absolute Gasteiger partial charge is 0.343 e. The summed E-state index contributed by atoms with van der Waals surface area (Å²) in [5, 5.41) is 0.783. The van der Waals surface area contributed by atoms with Crippen LogP contribution in [0.2, 0.25) is 5.02 Å². The molecule has 110 valence electrons. The van der Waals surface area contributed by atoms with Crippen molar-refractivity contribution in [2.75, 3.05) is 7.05 Å². The molecule has 1 aliphatic carbocycles.